The van der Waals surface area contributed by atoms with Crippen molar-refractivity contribution in [3.63, 3.8) is 0 Å². The first-order valence-electron chi connectivity index (χ1n) is 6.08. The zero-order valence-corrected chi connectivity index (χ0v) is 11.4. The number of hydrogen-bond donors (Lipinski definition) is 3. The van der Waals surface area contributed by atoms with E-state index in [1.807, 2.05) is 30.3 Å². The van der Waals surface area contributed by atoms with Crippen molar-refractivity contribution in [3.05, 3.63) is 35.4 Å². The maximum Gasteiger partial charge on any atom is 0.223 e. The number of nitrogens with zero attached hydrogens (tertiary/aromatic N) is 2. The van der Waals surface area contributed by atoms with Crippen molar-refractivity contribution in [3.8, 4) is 0 Å². The maximum atomic E-state index is 5.84. The van der Waals surface area contributed by atoms with Crippen molar-refractivity contribution in [2.24, 2.45) is 0 Å². The molecule has 0 aliphatic carbocycles. The van der Waals surface area contributed by atoms with Gasteiger partial charge in [0, 0.05) is 23.3 Å². The lowest BCUT2D eigenvalue weighted by Gasteiger charge is -2.09. The predicted molar refractivity (Wildman–Crippen MR) is 80.0 cm³/mol. The standard InChI is InChI=1S/C13H16ClN5/c1-2-7-16-11-8-12(19-13(15)18-11)17-10-5-3-9(14)4-6-10/h3-6,8H,2,7H2,1H3,(H4,15,16,17,18,19). The minimum Gasteiger partial charge on any atom is -0.370 e. The van der Waals surface area contributed by atoms with Gasteiger partial charge in [-0.25, -0.2) is 0 Å². The minimum absolute atomic E-state index is 0.234. The first-order chi connectivity index (χ1) is 9.17. The summed E-state index contributed by atoms with van der Waals surface area (Å²) in [5, 5.41) is 7.03. The van der Waals surface area contributed by atoms with E-state index in [9.17, 15) is 0 Å². The number of aromatic nitrogens is 2. The molecular weight excluding hydrogens is 262 g/mol. The fraction of sp³-hybridized carbons (Fsp3) is 0.231. The van der Waals surface area contributed by atoms with Gasteiger partial charge in [-0.2, -0.15) is 9.97 Å². The largest absolute Gasteiger partial charge is 0.370 e. The average Bonchev–Trinajstić information content (AvgIpc) is 2.38. The van der Waals surface area contributed by atoms with Crippen LogP contribution in [0.25, 0.3) is 0 Å². The molecule has 0 fully saturated rings. The van der Waals surface area contributed by atoms with Crippen LogP contribution in [0.15, 0.2) is 30.3 Å². The molecule has 1 heterocycles. The van der Waals surface area contributed by atoms with E-state index in [-0.39, 0.29) is 5.95 Å². The third kappa shape index (κ3) is 3.99. The van der Waals surface area contributed by atoms with Crippen molar-refractivity contribution in [2.45, 2.75) is 13.3 Å². The fourth-order valence-electron chi connectivity index (χ4n) is 1.55. The summed E-state index contributed by atoms with van der Waals surface area (Å²) in [6, 6.07) is 9.19. The van der Waals surface area contributed by atoms with Crippen molar-refractivity contribution >= 4 is 34.9 Å². The van der Waals surface area contributed by atoms with Gasteiger partial charge in [0.05, 0.1) is 0 Å². The highest BCUT2D eigenvalue weighted by Crippen LogP contribution is 2.20. The normalized spacial score (nSPS) is 10.2. The van der Waals surface area contributed by atoms with E-state index >= 15 is 0 Å². The molecule has 0 aliphatic heterocycles. The van der Waals surface area contributed by atoms with E-state index in [2.05, 4.69) is 27.5 Å². The van der Waals surface area contributed by atoms with Crippen LogP contribution in [0.4, 0.5) is 23.3 Å². The van der Waals surface area contributed by atoms with Gasteiger partial charge in [-0.1, -0.05) is 18.5 Å². The third-order valence-electron chi connectivity index (χ3n) is 2.42. The Balaban J connectivity index is 2.15. The van der Waals surface area contributed by atoms with E-state index in [4.69, 9.17) is 17.3 Å². The van der Waals surface area contributed by atoms with E-state index in [0.717, 1.165) is 18.7 Å². The second kappa shape index (κ2) is 6.24. The molecular formula is C13H16ClN5. The van der Waals surface area contributed by atoms with Crippen LogP contribution in [0.2, 0.25) is 5.02 Å². The van der Waals surface area contributed by atoms with Crippen molar-refractivity contribution < 1.29 is 0 Å². The van der Waals surface area contributed by atoms with Crippen molar-refractivity contribution in [2.75, 3.05) is 22.9 Å². The zero-order valence-electron chi connectivity index (χ0n) is 10.7. The molecule has 0 saturated carbocycles. The van der Waals surface area contributed by atoms with Crippen LogP contribution in [-0.2, 0) is 0 Å². The summed E-state index contributed by atoms with van der Waals surface area (Å²) in [5.41, 5.74) is 6.58. The number of nitrogen functional groups attached to an aromatic ring is 1. The fourth-order valence-corrected chi connectivity index (χ4v) is 1.68. The van der Waals surface area contributed by atoms with E-state index < -0.39 is 0 Å². The smallest absolute Gasteiger partial charge is 0.223 e. The molecule has 5 nitrogen and oxygen atoms in total. The second-order valence-electron chi connectivity index (χ2n) is 4.06. The van der Waals surface area contributed by atoms with E-state index in [1.54, 1.807) is 0 Å². The molecule has 0 spiro atoms. The van der Waals surface area contributed by atoms with Gasteiger partial charge in [0.1, 0.15) is 11.6 Å². The van der Waals surface area contributed by atoms with Crippen LogP contribution in [-0.4, -0.2) is 16.5 Å². The Morgan fingerprint density at radius 3 is 2.53 bits per heavy atom. The molecule has 4 N–H and O–H groups in total. The lowest BCUT2D eigenvalue weighted by Crippen LogP contribution is -2.06. The highest BCUT2D eigenvalue weighted by atomic mass is 35.5. The number of benzene rings is 1. The molecule has 1 aromatic carbocycles. The molecule has 2 rings (SSSR count). The van der Waals surface area contributed by atoms with Crippen molar-refractivity contribution in [1.29, 1.82) is 0 Å². The monoisotopic (exact) mass is 277 g/mol. The Bertz CT molecular complexity index is 541. The summed E-state index contributed by atoms with van der Waals surface area (Å²) in [6.45, 7) is 2.93. The lowest BCUT2D eigenvalue weighted by molar-refractivity contribution is 0.967. The number of nitrogens with one attached hydrogen (secondary N) is 2. The van der Waals surface area contributed by atoms with Crippen molar-refractivity contribution in [1.82, 2.24) is 9.97 Å². The van der Waals surface area contributed by atoms with Crippen LogP contribution < -0.4 is 16.4 Å². The molecule has 19 heavy (non-hydrogen) atoms. The number of anilines is 4. The summed E-state index contributed by atoms with van der Waals surface area (Å²) in [7, 11) is 0. The van der Waals surface area contributed by atoms with Gasteiger partial charge in [0.2, 0.25) is 5.95 Å². The van der Waals surface area contributed by atoms with Crippen LogP contribution in [0, 0.1) is 0 Å². The van der Waals surface area contributed by atoms with Crippen LogP contribution in [0.3, 0.4) is 0 Å². The first-order valence-corrected chi connectivity index (χ1v) is 6.46. The zero-order chi connectivity index (χ0) is 13.7. The Labute approximate surface area is 117 Å². The van der Waals surface area contributed by atoms with Gasteiger partial charge >= 0.3 is 0 Å². The number of rotatable bonds is 5. The number of hydrogen-bond acceptors (Lipinski definition) is 5. The van der Waals surface area contributed by atoms with E-state index in [1.165, 1.54) is 0 Å². The van der Waals surface area contributed by atoms with Gasteiger partial charge < -0.3 is 16.4 Å². The Morgan fingerprint density at radius 1 is 1.16 bits per heavy atom. The molecule has 0 bridgehead atoms. The number of nitrogens with two attached hydrogens (primary N) is 1. The molecule has 0 unspecified atom stereocenters. The van der Waals surface area contributed by atoms with Crippen LogP contribution in [0.5, 0.6) is 0 Å². The maximum absolute atomic E-state index is 5.84. The highest BCUT2D eigenvalue weighted by molar-refractivity contribution is 6.30. The lowest BCUT2D eigenvalue weighted by atomic mass is 10.3. The summed E-state index contributed by atoms with van der Waals surface area (Å²) < 4.78 is 0. The molecule has 100 valence electrons. The second-order valence-corrected chi connectivity index (χ2v) is 4.49. The molecule has 0 atom stereocenters. The molecule has 6 heteroatoms. The molecule has 2 aromatic rings. The minimum atomic E-state index is 0.234. The van der Waals surface area contributed by atoms with E-state index in [0.29, 0.717) is 16.7 Å². The summed E-state index contributed by atoms with van der Waals surface area (Å²) in [5.74, 6) is 1.59. The SMILES string of the molecule is CCCNc1cc(Nc2ccc(Cl)cc2)nc(N)n1. The van der Waals surface area contributed by atoms with Gasteiger partial charge in [-0.15, -0.1) is 0 Å². The highest BCUT2D eigenvalue weighted by Gasteiger charge is 2.02. The summed E-state index contributed by atoms with van der Waals surface area (Å²) in [6.07, 6.45) is 1.02. The summed E-state index contributed by atoms with van der Waals surface area (Å²) in [4.78, 5) is 8.26. The molecule has 0 amide bonds. The summed E-state index contributed by atoms with van der Waals surface area (Å²) >= 11 is 5.84. The first kappa shape index (κ1) is 13.4. The third-order valence-corrected chi connectivity index (χ3v) is 2.67. The Kier molecular flexibility index (Phi) is 4.41. The Hall–Kier alpha value is -2.01. The topological polar surface area (TPSA) is 75.9 Å². The van der Waals surface area contributed by atoms with Gasteiger partial charge in [-0.3, -0.25) is 0 Å². The van der Waals surface area contributed by atoms with Gasteiger partial charge in [0.15, 0.2) is 0 Å². The predicted octanol–water partition coefficient (Wildman–Crippen LogP) is 3.28. The number of halogens is 1. The average molecular weight is 278 g/mol. The molecule has 0 radical (unpaired) electrons. The molecule has 0 aliphatic rings. The Morgan fingerprint density at radius 2 is 1.84 bits per heavy atom. The van der Waals surface area contributed by atoms with Gasteiger partial charge in [-0.05, 0) is 30.7 Å². The quantitative estimate of drug-likeness (QED) is 0.782. The molecule has 1 aromatic heterocycles. The van der Waals surface area contributed by atoms with Gasteiger partial charge in [0.25, 0.3) is 0 Å². The van der Waals surface area contributed by atoms with Crippen LogP contribution >= 0.6 is 11.6 Å². The van der Waals surface area contributed by atoms with Crippen LogP contribution in [0.1, 0.15) is 13.3 Å². The molecule has 0 saturated heterocycles.